The first-order valence-electron chi connectivity index (χ1n) is 15.1. The molecule has 228 valence electrons. The van der Waals surface area contributed by atoms with Crippen LogP contribution < -0.4 is 0 Å². The van der Waals surface area contributed by atoms with Crippen molar-refractivity contribution < 1.29 is 51.1 Å². The molecule has 6 rings (SSSR count). The van der Waals surface area contributed by atoms with Crippen LogP contribution in [-0.4, -0.2) is 73.6 Å². The average molecular weight is 579 g/mol. The number of hydrogen-bond acceptors (Lipinski definition) is 7. The Bertz CT molecular complexity index is 911. The van der Waals surface area contributed by atoms with Crippen LogP contribution in [0.1, 0.15) is 71.1 Å². The van der Waals surface area contributed by atoms with Crippen LogP contribution in [0.5, 0.6) is 0 Å². The third kappa shape index (κ3) is 5.20. The highest BCUT2D eigenvalue weighted by atomic mass is 19.3. The van der Waals surface area contributed by atoms with Crippen molar-refractivity contribution in [3.05, 3.63) is 0 Å². The lowest BCUT2D eigenvalue weighted by Gasteiger charge is -2.57. The van der Waals surface area contributed by atoms with Gasteiger partial charge < -0.3 is 28.8 Å². The van der Waals surface area contributed by atoms with Crippen LogP contribution in [0.15, 0.2) is 0 Å². The number of ether oxygens (including phenoxy) is 5. The molecule has 6 atom stereocenters. The topological polar surface area (TPSA) is 83.5 Å². The Hall–Kier alpha value is -1.01. The summed E-state index contributed by atoms with van der Waals surface area (Å²) in [6.45, 7) is -0.520. The standard InChI is InChI=1S/C29H42F4O7/c1-17-5-20-9-23(11-26(35,10-20)29(17)39-15-27(30,31)28(32,33)16-40-29)24(34)36-12-21-13-37-25(38-14-21)22-7-18-3-2-4-19(6-18)8-22/h17-23,25,35H,2-16H2,1H3. The van der Waals surface area contributed by atoms with Gasteiger partial charge in [-0.3, -0.25) is 4.79 Å². The number of carbonyl (C=O) groups excluding carboxylic acids is 1. The molecule has 11 heteroatoms. The Morgan fingerprint density at radius 3 is 2.12 bits per heavy atom. The lowest BCUT2D eigenvalue weighted by Crippen LogP contribution is -2.67. The molecule has 2 saturated heterocycles. The third-order valence-electron chi connectivity index (χ3n) is 10.6. The number of esters is 1. The molecule has 0 aromatic heterocycles. The average Bonchev–Trinajstić information content (AvgIpc) is 3.00. The van der Waals surface area contributed by atoms with Gasteiger partial charge in [-0.25, -0.2) is 0 Å². The molecule has 4 bridgehead atoms. The molecule has 4 saturated carbocycles. The van der Waals surface area contributed by atoms with Crippen molar-refractivity contribution in [3.8, 4) is 0 Å². The van der Waals surface area contributed by atoms with Crippen molar-refractivity contribution in [2.45, 2.75) is 101 Å². The zero-order valence-electron chi connectivity index (χ0n) is 23.1. The molecule has 7 nitrogen and oxygen atoms in total. The van der Waals surface area contributed by atoms with Crippen LogP contribution in [0.4, 0.5) is 17.6 Å². The fraction of sp³-hybridized carbons (Fsp3) is 0.966. The molecular formula is C29H42F4O7. The van der Waals surface area contributed by atoms with Crippen molar-refractivity contribution in [1.29, 1.82) is 0 Å². The van der Waals surface area contributed by atoms with Crippen molar-refractivity contribution in [2.75, 3.05) is 33.0 Å². The molecule has 0 aromatic carbocycles. The molecule has 2 heterocycles. The summed E-state index contributed by atoms with van der Waals surface area (Å²) in [5.74, 6) is -11.1. The van der Waals surface area contributed by atoms with E-state index in [1.165, 1.54) is 25.7 Å². The maximum Gasteiger partial charge on any atom is 0.335 e. The van der Waals surface area contributed by atoms with Gasteiger partial charge >= 0.3 is 17.8 Å². The van der Waals surface area contributed by atoms with Gasteiger partial charge in [0, 0.05) is 17.8 Å². The number of halogens is 4. The van der Waals surface area contributed by atoms with Gasteiger partial charge in [-0.2, -0.15) is 17.6 Å². The zero-order valence-corrected chi connectivity index (χ0v) is 23.1. The molecule has 0 radical (unpaired) electrons. The van der Waals surface area contributed by atoms with Crippen LogP contribution in [0.3, 0.4) is 0 Å². The molecule has 1 N–H and O–H groups in total. The second kappa shape index (κ2) is 10.6. The summed E-state index contributed by atoms with van der Waals surface area (Å²) in [6, 6.07) is 0. The van der Waals surface area contributed by atoms with Gasteiger partial charge in [0.1, 0.15) is 18.8 Å². The van der Waals surface area contributed by atoms with Crippen LogP contribution >= 0.6 is 0 Å². The molecule has 40 heavy (non-hydrogen) atoms. The summed E-state index contributed by atoms with van der Waals surface area (Å²) >= 11 is 0. The Kier molecular flexibility index (Phi) is 7.71. The normalized spacial score (nSPS) is 45.9. The molecule has 6 aliphatic rings. The van der Waals surface area contributed by atoms with E-state index in [2.05, 4.69) is 0 Å². The highest BCUT2D eigenvalue weighted by Gasteiger charge is 2.69. The number of hydrogen-bond donors (Lipinski definition) is 1. The van der Waals surface area contributed by atoms with Gasteiger partial charge in [0.15, 0.2) is 12.1 Å². The maximum atomic E-state index is 14.1. The molecular weight excluding hydrogens is 536 g/mol. The fourth-order valence-electron chi connectivity index (χ4n) is 8.75. The number of aliphatic hydroxyl groups is 1. The fourth-order valence-corrected chi connectivity index (χ4v) is 8.75. The van der Waals surface area contributed by atoms with Crippen molar-refractivity contribution in [2.24, 2.45) is 41.4 Å². The Balaban J connectivity index is 1.03. The van der Waals surface area contributed by atoms with Gasteiger partial charge in [-0.05, 0) is 62.7 Å². The summed E-state index contributed by atoms with van der Waals surface area (Å²) < 4.78 is 84.9. The second-order valence-corrected chi connectivity index (χ2v) is 13.7. The van der Waals surface area contributed by atoms with E-state index >= 15 is 0 Å². The number of fused-ring (bicyclic) bond motifs is 5. The van der Waals surface area contributed by atoms with Gasteiger partial charge in [-0.15, -0.1) is 0 Å². The lowest BCUT2D eigenvalue weighted by atomic mass is 9.59. The van der Waals surface area contributed by atoms with E-state index in [-0.39, 0.29) is 37.6 Å². The van der Waals surface area contributed by atoms with Crippen LogP contribution in [0, 0.1) is 41.4 Å². The Morgan fingerprint density at radius 2 is 1.50 bits per heavy atom. The van der Waals surface area contributed by atoms with E-state index in [1.807, 2.05) is 0 Å². The molecule has 4 aliphatic carbocycles. The monoisotopic (exact) mass is 578 g/mol. The van der Waals surface area contributed by atoms with Gasteiger partial charge in [0.2, 0.25) is 0 Å². The van der Waals surface area contributed by atoms with Crippen LogP contribution in [0.25, 0.3) is 0 Å². The second-order valence-electron chi connectivity index (χ2n) is 13.7. The summed E-state index contributed by atoms with van der Waals surface area (Å²) in [5, 5.41) is 11.7. The Labute approximate surface area is 232 Å². The minimum Gasteiger partial charge on any atom is -0.465 e. The van der Waals surface area contributed by atoms with E-state index in [1.54, 1.807) is 6.92 Å². The van der Waals surface area contributed by atoms with Gasteiger partial charge in [0.05, 0.1) is 25.7 Å². The highest BCUT2D eigenvalue weighted by molar-refractivity contribution is 5.73. The zero-order chi connectivity index (χ0) is 28.3. The van der Waals surface area contributed by atoms with E-state index in [0.717, 1.165) is 24.7 Å². The molecule has 0 amide bonds. The first-order chi connectivity index (χ1) is 18.9. The van der Waals surface area contributed by atoms with E-state index < -0.39 is 54.3 Å². The molecule has 6 fully saturated rings. The smallest absolute Gasteiger partial charge is 0.335 e. The third-order valence-corrected chi connectivity index (χ3v) is 10.6. The molecule has 1 spiro atoms. The van der Waals surface area contributed by atoms with E-state index in [0.29, 0.717) is 32.0 Å². The SMILES string of the molecule is CC1CC2CC(C(=O)OCC3COC(C4CC5CCCC(C5)C4)OC3)CC(O)(C2)C12OCC(F)(F)C(F)(F)CO2. The largest absolute Gasteiger partial charge is 0.465 e. The minimum atomic E-state index is -4.44. The first-order valence-corrected chi connectivity index (χ1v) is 15.1. The minimum absolute atomic E-state index is 0.105. The van der Waals surface area contributed by atoms with Crippen molar-refractivity contribution >= 4 is 5.97 Å². The highest BCUT2D eigenvalue weighted by Crippen LogP contribution is 2.57. The number of rotatable bonds is 4. The quantitative estimate of drug-likeness (QED) is 0.374. The van der Waals surface area contributed by atoms with Crippen molar-refractivity contribution in [1.82, 2.24) is 0 Å². The molecule has 6 unspecified atom stereocenters. The van der Waals surface area contributed by atoms with E-state index in [9.17, 15) is 27.5 Å². The molecule has 2 aliphatic heterocycles. The van der Waals surface area contributed by atoms with Gasteiger partial charge in [-0.1, -0.05) is 26.2 Å². The van der Waals surface area contributed by atoms with E-state index in [4.69, 9.17) is 23.7 Å². The summed E-state index contributed by atoms with van der Waals surface area (Å²) in [5.41, 5.74) is -1.88. The molecule has 0 aromatic rings. The Morgan fingerprint density at radius 1 is 0.875 bits per heavy atom. The van der Waals surface area contributed by atoms with Crippen molar-refractivity contribution in [3.63, 3.8) is 0 Å². The van der Waals surface area contributed by atoms with Gasteiger partial charge in [0.25, 0.3) is 0 Å². The van der Waals surface area contributed by atoms with Crippen LogP contribution in [-0.2, 0) is 28.5 Å². The summed E-state index contributed by atoms with van der Waals surface area (Å²) in [7, 11) is 0. The van der Waals surface area contributed by atoms with Crippen LogP contribution in [0.2, 0.25) is 0 Å². The predicted molar refractivity (Wildman–Crippen MR) is 132 cm³/mol. The maximum absolute atomic E-state index is 14.1. The number of alkyl halides is 4. The number of carbonyl (C=O) groups is 1. The predicted octanol–water partition coefficient (Wildman–Crippen LogP) is 4.94. The summed E-state index contributed by atoms with van der Waals surface area (Å²) in [6.07, 6.45) is 8.13. The first kappa shape index (κ1) is 29.1. The summed E-state index contributed by atoms with van der Waals surface area (Å²) in [4.78, 5) is 13.1. The lowest BCUT2D eigenvalue weighted by molar-refractivity contribution is -0.369.